The monoisotopic (exact) mass is 506 g/mol. The number of benzene rings is 3. The fourth-order valence-electron chi connectivity index (χ4n) is 3.98. The Hall–Kier alpha value is -3.19. The molecular formula is C28H27ClN2O3S. The lowest BCUT2D eigenvalue weighted by Gasteiger charge is -2.21. The molecular weight excluding hydrogens is 480 g/mol. The molecule has 3 aromatic rings. The van der Waals surface area contributed by atoms with E-state index in [1.165, 1.54) is 17.7 Å². The first-order valence-corrected chi connectivity index (χ1v) is 13.3. The molecule has 0 spiro atoms. The van der Waals surface area contributed by atoms with Crippen molar-refractivity contribution in [2.45, 2.75) is 31.1 Å². The first kappa shape index (κ1) is 24.9. The minimum absolute atomic E-state index is 0.0671. The van der Waals surface area contributed by atoms with Crippen LogP contribution in [0.3, 0.4) is 0 Å². The van der Waals surface area contributed by atoms with Crippen LogP contribution in [0.15, 0.2) is 89.3 Å². The molecule has 0 unspecified atom stereocenters. The predicted octanol–water partition coefficient (Wildman–Crippen LogP) is 5.62. The zero-order chi connectivity index (χ0) is 25.2. The van der Waals surface area contributed by atoms with E-state index >= 15 is 0 Å². The van der Waals surface area contributed by atoms with Crippen molar-refractivity contribution in [2.75, 3.05) is 6.54 Å². The fraction of sp³-hybridized carbons (Fsp3) is 0.179. The van der Waals surface area contributed by atoms with E-state index < -0.39 is 10.0 Å². The van der Waals surface area contributed by atoms with Crippen molar-refractivity contribution in [1.29, 1.82) is 0 Å². The van der Waals surface area contributed by atoms with Gasteiger partial charge in [-0.2, -0.15) is 0 Å². The van der Waals surface area contributed by atoms with Crippen molar-refractivity contribution in [1.82, 2.24) is 4.90 Å². The van der Waals surface area contributed by atoms with Crippen molar-refractivity contribution in [3.8, 4) is 0 Å². The molecule has 0 aromatic heterocycles. The van der Waals surface area contributed by atoms with Gasteiger partial charge in [0.25, 0.3) is 5.91 Å². The first-order valence-electron chi connectivity index (χ1n) is 11.3. The Morgan fingerprint density at radius 3 is 2.14 bits per heavy atom. The van der Waals surface area contributed by atoms with Crippen LogP contribution in [-0.4, -0.2) is 25.8 Å². The molecule has 2 N–H and O–H groups in total. The number of hydrogen-bond acceptors (Lipinski definition) is 3. The number of carbonyl (C=O) groups excluding carboxylic acids is 1. The molecule has 7 heteroatoms. The molecule has 0 bridgehead atoms. The second kappa shape index (κ2) is 10.2. The molecule has 0 atom stereocenters. The topological polar surface area (TPSA) is 80.5 Å². The van der Waals surface area contributed by atoms with E-state index in [1.54, 1.807) is 29.2 Å². The number of primary sulfonamides is 1. The molecule has 1 heterocycles. The molecule has 0 fully saturated rings. The number of sulfonamides is 1. The first-order chi connectivity index (χ1) is 16.6. The van der Waals surface area contributed by atoms with Gasteiger partial charge < -0.3 is 4.90 Å². The summed E-state index contributed by atoms with van der Waals surface area (Å²) in [6, 6.07) is 22.1. The summed E-state index contributed by atoms with van der Waals surface area (Å²) in [6.45, 7) is 4.74. The van der Waals surface area contributed by atoms with E-state index in [-0.39, 0.29) is 10.8 Å². The zero-order valence-electron chi connectivity index (χ0n) is 19.6. The third-order valence-electron chi connectivity index (χ3n) is 6.02. The maximum atomic E-state index is 13.4. The lowest BCUT2D eigenvalue weighted by Crippen LogP contribution is -2.27. The van der Waals surface area contributed by atoms with E-state index in [1.807, 2.05) is 36.4 Å². The molecule has 1 aliphatic heterocycles. The van der Waals surface area contributed by atoms with Crippen LogP contribution in [0, 0.1) is 0 Å². The van der Waals surface area contributed by atoms with Crippen molar-refractivity contribution < 1.29 is 13.2 Å². The van der Waals surface area contributed by atoms with Crippen LogP contribution < -0.4 is 5.14 Å². The largest absolute Gasteiger partial charge is 0.307 e. The minimum Gasteiger partial charge on any atom is -0.307 e. The van der Waals surface area contributed by atoms with Crippen LogP contribution in [0.25, 0.3) is 11.8 Å². The van der Waals surface area contributed by atoms with Gasteiger partial charge in [-0.15, -0.1) is 0 Å². The molecule has 1 aliphatic rings. The number of amides is 1. The summed E-state index contributed by atoms with van der Waals surface area (Å²) in [4.78, 5) is 15.3. The Morgan fingerprint density at radius 1 is 0.943 bits per heavy atom. The highest BCUT2D eigenvalue weighted by molar-refractivity contribution is 7.89. The van der Waals surface area contributed by atoms with Gasteiger partial charge in [-0.1, -0.05) is 74.0 Å². The van der Waals surface area contributed by atoms with Gasteiger partial charge in [0.2, 0.25) is 10.0 Å². The van der Waals surface area contributed by atoms with E-state index in [0.717, 1.165) is 22.4 Å². The average Bonchev–Trinajstić information content (AvgIpc) is 3.14. The smallest absolute Gasteiger partial charge is 0.258 e. The van der Waals surface area contributed by atoms with Gasteiger partial charge in [0.05, 0.1) is 10.6 Å². The molecule has 1 amide bonds. The molecule has 0 radical (unpaired) electrons. The highest BCUT2D eigenvalue weighted by atomic mass is 35.5. The molecule has 0 saturated carbocycles. The lowest BCUT2D eigenvalue weighted by molar-refractivity contribution is -0.122. The highest BCUT2D eigenvalue weighted by Crippen LogP contribution is 2.32. The molecule has 0 aliphatic carbocycles. The Labute approximate surface area is 211 Å². The van der Waals surface area contributed by atoms with E-state index in [0.29, 0.717) is 29.5 Å². The van der Waals surface area contributed by atoms with Gasteiger partial charge in [-0.25, -0.2) is 13.6 Å². The summed E-state index contributed by atoms with van der Waals surface area (Å²) >= 11 is 6.00. The van der Waals surface area contributed by atoms with Gasteiger partial charge in [-0.05, 0) is 71.0 Å². The summed E-state index contributed by atoms with van der Waals surface area (Å²) < 4.78 is 23.1. The SMILES string of the molecule is CC(C)c1ccc(C2=C/C(=C\c3ccc(Cl)cc3)C(=O)N2CCc2ccc(S(N)(=O)=O)cc2)cc1. The number of hydrogen-bond donors (Lipinski definition) is 1. The second-order valence-electron chi connectivity index (χ2n) is 8.85. The zero-order valence-corrected chi connectivity index (χ0v) is 21.2. The van der Waals surface area contributed by atoms with Gasteiger partial charge in [-0.3, -0.25) is 4.79 Å². The van der Waals surface area contributed by atoms with Crippen LogP contribution in [0.5, 0.6) is 0 Å². The Balaban J connectivity index is 1.63. The van der Waals surface area contributed by atoms with Crippen LogP contribution in [0.4, 0.5) is 0 Å². The number of rotatable bonds is 7. The quantitative estimate of drug-likeness (QED) is 0.422. The molecule has 5 nitrogen and oxygen atoms in total. The highest BCUT2D eigenvalue weighted by Gasteiger charge is 2.28. The molecule has 4 rings (SSSR count). The summed E-state index contributed by atoms with van der Waals surface area (Å²) in [6.07, 6.45) is 4.35. The van der Waals surface area contributed by atoms with E-state index in [9.17, 15) is 13.2 Å². The van der Waals surface area contributed by atoms with E-state index in [2.05, 4.69) is 26.0 Å². The van der Waals surface area contributed by atoms with Crippen LogP contribution >= 0.6 is 11.6 Å². The van der Waals surface area contributed by atoms with Crippen molar-refractivity contribution in [3.05, 3.63) is 112 Å². The molecule has 3 aromatic carbocycles. The number of nitrogens with two attached hydrogens (primary N) is 1. The van der Waals surface area contributed by atoms with Crippen LogP contribution in [0.2, 0.25) is 5.02 Å². The molecule has 0 saturated heterocycles. The number of nitrogens with zero attached hydrogens (tertiary/aromatic N) is 1. The third-order valence-corrected chi connectivity index (χ3v) is 7.20. The standard InChI is InChI=1S/C28H27ClN2O3S/c1-19(2)22-7-9-23(10-8-22)27-18-24(17-21-3-11-25(29)12-4-21)28(32)31(27)16-15-20-5-13-26(14-6-20)35(30,33)34/h3-14,17-19H,15-16H2,1-2H3,(H2,30,33,34)/b24-17+. The van der Waals surface area contributed by atoms with Gasteiger partial charge in [0.15, 0.2) is 0 Å². The molecule has 180 valence electrons. The number of carbonyl (C=O) groups is 1. The Kier molecular flexibility index (Phi) is 7.26. The Morgan fingerprint density at radius 2 is 1.57 bits per heavy atom. The van der Waals surface area contributed by atoms with E-state index in [4.69, 9.17) is 16.7 Å². The average molecular weight is 507 g/mol. The van der Waals surface area contributed by atoms with Crippen molar-refractivity contribution in [2.24, 2.45) is 5.14 Å². The normalized spacial score (nSPS) is 15.2. The summed E-state index contributed by atoms with van der Waals surface area (Å²) in [5.41, 5.74) is 5.44. The summed E-state index contributed by atoms with van der Waals surface area (Å²) in [5, 5.41) is 5.84. The fourth-order valence-corrected chi connectivity index (χ4v) is 4.62. The maximum absolute atomic E-state index is 13.4. The molecule has 35 heavy (non-hydrogen) atoms. The maximum Gasteiger partial charge on any atom is 0.258 e. The Bertz CT molecular complexity index is 1390. The number of halogens is 1. The minimum atomic E-state index is -3.74. The second-order valence-corrected chi connectivity index (χ2v) is 10.9. The van der Waals surface area contributed by atoms with Crippen LogP contribution in [0.1, 0.15) is 42.0 Å². The summed E-state index contributed by atoms with van der Waals surface area (Å²) in [7, 11) is -3.74. The van der Waals surface area contributed by atoms with Gasteiger partial charge >= 0.3 is 0 Å². The third kappa shape index (κ3) is 5.90. The van der Waals surface area contributed by atoms with Crippen molar-refractivity contribution >= 4 is 39.3 Å². The van der Waals surface area contributed by atoms with Gasteiger partial charge in [0, 0.05) is 17.1 Å². The van der Waals surface area contributed by atoms with Crippen LogP contribution in [-0.2, 0) is 21.2 Å². The predicted molar refractivity (Wildman–Crippen MR) is 141 cm³/mol. The van der Waals surface area contributed by atoms with Crippen molar-refractivity contribution in [3.63, 3.8) is 0 Å². The van der Waals surface area contributed by atoms with Gasteiger partial charge in [0.1, 0.15) is 0 Å². The summed E-state index contributed by atoms with van der Waals surface area (Å²) in [5.74, 6) is 0.337. The lowest BCUT2D eigenvalue weighted by atomic mass is 10.0.